The number of Topliss-reactive ketones (excluding diaryl/α,β-unsaturated/α-hetero) is 2. The van der Waals surface area contributed by atoms with Crippen LogP contribution in [-0.2, 0) is 28.7 Å². The second-order valence-corrected chi connectivity index (χ2v) is 7.97. The maximum absolute atomic E-state index is 12.8. The number of nitrogens with two attached hydrogens (primary N) is 3. The molecular formula is C19H33N4O9. The lowest BCUT2D eigenvalue weighted by Gasteiger charge is -2.41. The Morgan fingerprint density at radius 3 is 2.25 bits per heavy atom. The molecule has 13 nitrogen and oxygen atoms in total. The Morgan fingerprint density at radius 1 is 1.19 bits per heavy atom. The first-order valence-electron chi connectivity index (χ1n) is 10.2. The molecule has 13 heteroatoms. The lowest BCUT2D eigenvalue weighted by Crippen LogP contribution is -2.63. The molecule has 1 aliphatic rings. The summed E-state index contributed by atoms with van der Waals surface area (Å²) in [5.41, 5.74) is 16.5. The summed E-state index contributed by atoms with van der Waals surface area (Å²) in [5.74, 6) is -4.22. The van der Waals surface area contributed by atoms with Crippen molar-refractivity contribution < 1.29 is 44.0 Å². The molecular weight excluding hydrogens is 428 g/mol. The van der Waals surface area contributed by atoms with E-state index in [0.29, 0.717) is 0 Å². The van der Waals surface area contributed by atoms with Gasteiger partial charge in [-0.05, 0) is 27.2 Å². The van der Waals surface area contributed by atoms with Gasteiger partial charge in [-0.15, -0.1) is 0 Å². The highest BCUT2D eigenvalue weighted by atomic mass is 16.6. The molecule has 2 amide bonds. The minimum atomic E-state index is -1.51. The van der Waals surface area contributed by atoms with E-state index < -0.39 is 91.2 Å². The zero-order valence-corrected chi connectivity index (χ0v) is 18.3. The van der Waals surface area contributed by atoms with Crippen molar-refractivity contribution in [1.82, 2.24) is 5.32 Å². The highest BCUT2D eigenvalue weighted by molar-refractivity contribution is 6.02. The summed E-state index contributed by atoms with van der Waals surface area (Å²) in [6, 6.07) is -3.55. The first kappa shape index (κ1) is 28.0. The number of carbonyl (C=O) groups excluding carboxylic acids is 4. The molecule has 9 atom stereocenters. The van der Waals surface area contributed by atoms with Gasteiger partial charge in [0.15, 0.2) is 6.29 Å². The molecule has 0 aliphatic carbocycles. The smallest absolute Gasteiger partial charge is 0.258 e. The zero-order chi connectivity index (χ0) is 24.7. The van der Waals surface area contributed by atoms with E-state index in [1.807, 2.05) is 0 Å². The van der Waals surface area contributed by atoms with Crippen molar-refractivity contribution in [3.8, 4) is 0 Å². The van der Waals surface area contributed by atoms with E-state index in [1.165, 1.54) is 13.8 Å². The summed E-state index contributed by atoms with van der Waals surface area (Å²) in [7, 11) is 0. The van der Waals surface area contributed by atoms with Gasteiger partial charge < -0.3 is 42.0 Å². The summed E-state index contributed by atoms with van der Waals surface area (Å²) in [6.07, 6.45) is -6.76. The topological polar surface area (TPSA) is 240 Å². The van der Waals surface area contributed by atoms with Gasteiger partial charge in [0, 0.05) is 6.42 Å². The van der Waals surface area contributed by atoms with Gasteiger partial charge in [0.1, 0.15) is 35.9 Å². The third-order valence-corrected chi connectivity index (χ3v) is 5.14. The van der Waals surface area contributed by atoms with Crippen molar-refractivity contribution in [2.75, 3.05) is 6.61 Å². The molecule has 9 N–H and O–H groups in total. The normalized spacial score (nSPS) is 29.4. The summed E-state index contributed by atoms with van der Waals surface area (Å²) >= 11 is 0. The number of primary amides is 1. The van der Waals surface area contributed by atoms with Crippen LogP contribution in [0.3, 0.4) is 0 Å². The van der Waals surface area contributed by atoms with Crippen LogP contribution >= 0.6 is 0 Å². The Kier molecular flexibility index (Phi) is 10.8. The predicted octanol–water partition coefficient (Wildman–Crippen LogP) is -3.96. The molecule has 2 unspecified atom stereocenters. The average Bonchev–Trinajstić information content (AvgIpc) is 2.69. The van der Waals surface area contributed by atoms with Crippen molar-refractivity contribution in [1.29, 1.82) is 0 Å². The number of aliphatic hydroxyl groups is 3. The standard InChI is InChI=1S/C19H33N4O9/c1-7(31-16-14(21)19(30)32-13(6-24)15(16)27)4-12(26)10(9(3)25)5-11(17(22)28)23-18(29)8(2)20/h7-8,10-11,13-16,19,24,27,30H,4-6,20-21H2,1-3H3,(H2,22,28)/t7?,8-,10?,11+,13+,14+,15+,16+,19-/m0/s1. The van der Waals surface area contributed by atoms with Gasteiger partial charge in [-0.2, -0.15) is 0 Å². The van der Waals surface area contributed by atoms with Crippen LogP contribution in [0.5, 0.6) is 0 Å². The van der Waals surface area contributed by atoms with Crippen LogP contribution in [0.4, 0.5) is 0 Å². The van der Waals surface area contributed by atoms with E-state index in [9.17, 15) is 34.5 Å². The van der Waals surface area contributed by atoms with Crippen LogP contribution in [0.25, 0.3) is 0 Å². The third kappa shape index (κ3) is 7.55. The van der Waals surface area contributed by atoms with Gasteiger partial charge in [0.25, 0.3) is 5.91 Å². The Bertz CT molecular complexity index is 690. The van der Waals surface area contributed by atoms with Crippen molar-refractivity contribution in [2.24, 2.45) is 23.1 Å². The van der Waals surface area contributed by atoms with Crippen LogP contribution < -0.4 is 22.5 Å². The molecule has 0 spiro atoms. The molecule has 1 heterocycles. The molecule has 0 saturated carbocycles. The molecule has 1 rings (SSSR count). The quantitative estimate of drug-likeness (QED) is 0.153. The fraction of sp³-hybridized carbons (Fsp3) is 0.789. The highest BCUT2D eigenvalue weighted by Crippen LogP contribution is 2.24. The predicted molar refractivity (Wildman–Crippen MR) is 108 cm³/mol. The van der Waals surface area contributed by atoms with Gasteiger partial charge >= 0.3 is 0 Å². The lowest BCUT2D eigenvalue weighted by molar-refractivity contribution is -0.262. The van der Waals surface area contributed by atoms with E-state index in [2.05, 4.69) is 5.32 Å². The van der Waals surface area contributed by atoms with Gasteiger partial charge in [-0.3, -0.25) is 19.2 Å². The first-order chi connectivity index (χ1) is 14.8. The molecule has 0 bridgehead atoms. The fourth-order valence-electron chi connectivity index (χ4n) is 3.27. The number of ketones is 2. The molecule has 1 saturated heterocycles. The van der Waals surface area contributed by atoms with Gasteiger partial charge in [0.05, 0.1) is 30.7 Å². The molecule has 0 aromatic rings. The van der Waals surface area contributed by atoms with E-state index in [0.717, 1.165) is 6.92 Å². The van der Waals surface area contributed by atoms with Gasteiger partial charge in [-0.25, -0.2) is 5.32 Å². The summed E-state index contributed by atoms with van der Waals surface area (Å²) < 4.78 is 10.6. The Morgan fingerprint density at radius 2 is 1.78 bits per heavy atom. The summed E-state index contributed by atoms with van der Waals surface area (Å²) in [6.45, 7) is 3.41. The summed E-state index contributed by atoms with van der Waals surface area (Å²) in [4.78, 5) is 48.2. The number of carbonyl (C=O) groups is 4. The van der Waals surface area contributed by atoms with Crippen LogP contribution in [0.2, 0.25) is 0 Å². The first-order valence-corrected chi connectivity index (χ1v) is 10.2. The SMILES string of the molecule is CC(=O)C(C[C@@H]([N]C(=O)[C@H](C)N)C(N)=O)C(=O)CC(C)O[C@@H]1[C@@H](N)[C@@H](O)O[C@H](CO)[C@H]1O. The van der Waals surface area contributed by atoms with Crippen LogP contribution in [0.15, 0.2) is 0 Å². The number of ether oxygens (including phenoxy) is 2. The van der Waals surface area contributed by atoms with Crippen molar-refractivity contribution in [2.45, 2.75) is 82.4 Å². The third-order valence-electron chi connectivity index (χ3n) is 5.14. The number of hydrogen-bond donors (Lipinski definition) is 6. The number of nitrogens with zero attached hydrogens (tertiary/aromatic N) is 1. The van der Waals surface area contributed by atoms with E-state index in [4.69, 9.17) is 26.7 Å². The molecule has 1 aliphatic heterocycles. The number of hydrogen-bond acceptors (Lipinski definition) is 11. The second-order valence-electron chi connectivity index (χ2n) is 7.97. The van der Waals surface area contributed by atoms with Crippen molar-refractivity contribution >= 4 is 23.4 Å². The number of rotatable bonds is 12. The Labute approximate surface area is 185 Å². The maximum atomic E-state index is 12.8. The Balaban J connectivity index is 2.85. The van der Waals surface area contributed by atoms with Crippen LogP contribution in [0, 0.1) is 5.92 Å². The van der Waals surface area contributed by atoms with Crippen molar-refractivity contribution in [3.63, 3.8) is 0 Å². The van der Waals surface area contributed by atoms with E-state index >= 15 is 0 Å². The van der Waals surface area contributed by atoms with Crippen LogP contribution in [0.1, 0.15) is 33.6 Å². The van der Waals surface area contributed by atoms with Crippen molar-refractivity contribution in [3.05, 3.63) is 0 Å². The monoisotopic (exact) mass is 461 g/mol. The van der Waals surface area contributed by atoms with Gasteiger partial charge in [0.2, 0.25) is 5.91 Å². The van der Waals surface area contributed by atoms with Gasteiger partial charge in [-0.1, -0.05) is 0 Å². The molecule has 1 radical (unpaired) electrons. The molecule has 0 aromatic carbocycles. The Hall–Kier alpha value is -2.00. The number of aliphatic hydroxyl groups excluding tert-OH is 3. The lowest BCUT2D eigenvalue weighted by atomic mass is 9.89. The zero-order valence-electron chi connectivity index (χ0n) is 18.3. The molecule has 32 heavy (non-hydrogen) atoms. The molecule has 1 fully saturated rings. The largest absolute Gasteiger partial charge is 0.394 e. The van der Waals surface area contributed by atoms with E-state index in [-0.39, 0.29) is 6.42 Å². The molecule has 0 aromatic heterocycles. The molecule has 183 valence electrons. The average molecular weight is 461 g/mol. The van der Waals surface area contributed by atoms with E-state index in [1.54, 1.807) is 0 Å². The summed E-state index contributed by atoms with van der Waals surface area (Å²) in [5, 5.41) is 33.0. The fourth-order valence-corrected chi connectivity index (χ4v) is 3.27. The second kappa shape index (κ2) is 12.3. The minimum absolute atomic E-state index is 0.312. The minimum Gasteiger partial charge on any atom is -0.394 e. The highest BCUT2D eigenvalue weighted by Gasteiger charge is 2.44. The number of amides is 2. The maximum Gasteiger partial charge on any atom is 0.258 e. The van der Waals surface area contributed by atoms with Crippen LogP contribution in [-0.4, -0.2) is 94.1 Å².